The lowest BCUT2D eigenvalue weighted by atomic mass is 9.79. The van der Waals surface area contributed by atoms with Crippen LogP contribution in [-0.2, 0) is 9.53 Å². The Hall–Kier alpha value is -3.03. The molecule has 2 aliphatic heterocycles. The van der Waals surface area contributed by atoms with E-state index in [4.69, 9.17) is 10.5 Å². The molecule has 0 spiro atoms. The maximum atomic E-state index is 12.9. The molecule has 0 atom stereocenters. The van der Waals surface area contributed by atoms with Gasteiger partial charge in [-0.1, -0.05) is 18.2 Å². The van der Waals surface area contributed by atoms with Crippen molar-refractivity contribution in [1.82, 2.24) is 0 Å². The van der Waals surface area contributed by atoms with Gasteiger partial charge in [0.1, 0.15) is 0 Å². The fourth-order valence-electron chi connectivity index (χ4n) is 3.70. The average Bonchev–Trinajstić information content (AvgIpc) is 2.99. The van der Waals surface area contributed by atoms with Crippen LogP contribution in [0.1, 0.15) is 33.6 Å². The first-order valence-electron chi connectivity index (χ1n) is 9.23. The number of fused-ring (bicyclic) bond motifs is 1. The number of amides is 3. The molecule has 2 aromatic carbocycles. The number of hydrogen-bond acceptors (Lipinski definition) is 5. The lowest BCUT2D eigenvalue weighted by Gasteiger charge is -2.34. The van der Waals surface area contributed by atoms with Crippen molar-refractivity contribution in [2.24, 2.45) is 11.1 Å². The van der Waals surface area contributed by atoms with Crippen molar-refractivity contribution < 1.29 is 19.1 Å². The Morgan fingerprint density at radius 2 is 1.68 bits per heavy atom. The molecule has 7 nitrogen and oxygen atoms in total. The van der Waals surface area contributed by atoms with Crippen LogP contribution in [0, 0.1) is 5.41 Å². The van der Waals surface area contributed by atoms with Gasteiger partial charge in [-0.05, 0) is 43.2 Å². The van der Waals surface area contributed by atoms with Crippen LogP contribution < -0.4 is 16.0 Å². The van der Waals surface area contributed by atoms with Gasteiger partial charge < -0.3 is 15.8 Å². The molecular formula is C21H21N3O4. The third kappa shape index (κ3) is 2.98. The summed E-state index contributed by atoms with van der Waals surface area (Å²) in [5.41, 5.74) is 6.92. The van der Waals surface area contributed by atoms with E-state index in [0.717, 1.165) is 4.90 Å². The number of hydrogen-bond donors (Lipinski definition) is 2. The molecule has 28 heavy (non-hydrogen) atoms. The van der Waals surface area contributed by atoms with Crippen LogP contribution >= 0.6 is 0 Å². The highest BCUT2D eigenvalue weighted by Gasteiger charge is 2.39. The first kappa shape index (κ1) is 18.3. The lowest BCUT2D eigenvalue weighted by molar-refractivity contribution is -0.130. The van der Waals surface area contributed by atoms with Gasteiger partial charge in [0.05, 0.1) is 22.2 Å². The summed E-state index contributed by atoms with van der Waals surface area (Å²) in [5, 5.41) is 2.89. The molecule has 2 heterocycles. The fourth-order valence-corrected chi connectivity index (χ4v) is 3.70. The maximum absolute atomic E-state index is 12.9. The molecular weight excluding hydrogens is 358 g/mol. The molecule has 0 aliphatic carbocycles. The predicted octanol–water partition coefficient (Wildman–Crippen LogP) is 2.18. The van der Waals surface area contributed by atoms with Crippen LogP contribution in [0.4, 0.5) is 11.4 Å². The third-order valence-corrected chi connectivity index (χ3v) is 5.48. The number of nitrogens with one attached hydrogen (secondary N) is 1. The van der Waals surface area contributed by atoms with E-state index in [1.165, 1.54) is 0 Å². The van der Waals surface area contributed by atoms with Crippen molar-refractivity contribution in [2.75, 3.05) is 30.0 Å². The van der Waals surface area contributed by atoms with Crippen molar-refractivity contribution in [3.8, 4) is 0 Å². The van der Waals surface area contributed by atoms with E-state index in [1.807, 2.05) is 0 Å². The summed E-state index contributed by atoms with van der Waals surface area (Å²) in [6, 6.07) is 13.5. The van der Waals surface area contributed by atoms with E-state index in [0.29, 0.717) is 48.6 Å². The second kappa shape index (κ2) is 7.18. The molecule has 0 saturated carbocycles. The van der Waals surface area contributed by atoms with Crippen LogP contribution in [0.15, 0.2) is 48.5 Å². The minimum Gasteiger partial charge on any atom is -0.381 e. The number of benzene rings is 2. The summed E-state index contributed by atoms with van der Waals surface area (Å²) < 4.78 is 5.35. The molecule has 3 amide bonds. The number of anilines is 2. The first-order valence-corrected chi connectivity index (χ1v) is 9.23. The van der Waals surface area contributed by atoms with E-state index in [2.05, 4.69) is 5.32 Å². The SMILES string of the molecule is NCC1(C(=O)Nc2cccc(N3C(=O)c4ccccc4C3=O)c2)CCOCC1. The third-order valence-electron chi connectivity index (χ3n) is 5.48. The number of nitrogens with zero attached hydrogens (tertiary/aromatic N) is 1. The molecule has 0 radical (unpaired) electrons. The molecule has 144 valence electrons. The Labute approximate surface area is 162 Å². The Balaban J connectivity index is 1.58. The summed E-state index contributed by atoms with van der Waals surface area (Å²) in [7, 11) is 0. The maximum Gasteiger partial charge on any atom is 0.266 e. The Kier molecular flexibility index (Phi) is 4.70. The average molecular weight is 379 g/mol. The summed E-state index contributed by atoms with van der Waals surface area (Å²) in [6.07, 6.45) is 1.13. The summed E-state index contributed by atoms with van der Waals surface area (Å²) in [5.74, 6) is -0.906. The monoisotopic (exact) mass is 379 g/mol. The standard InChI is InChI=1S/C21H21N3O4/c22-13-21(8-10-28-11-9-21)20(27)23-14-4-3-5-15(12-14)24-18(25)16-6-1-2-7-17(16)19(24)26/h1-7,12H,8-11,13,22H2,(H,23,27). The van der Waals surface area contributed by atoms with Crippen molar-refractivity contribution in [3.63, 3.8) is 0 Å². The van der Waals surface area contributed by atoms with Gasteiger partial charge in [-0.2, -0.15) is 0 Å². The molecule has 2 aliphatic rings. The normalized spacial score (nSPS) is 18.1. The first-order chi connectivity index (χ1) is 13.6. The van der Waals surface area contributed by atoms with E-state index in [1.54, 1.807) is 48.5 Å². The molecule has 0 unspecified atom stereocenters. The fraction of sp³-hybridized carbons (Fsp3) is 0.286. The van der Waals surface area contributed by atoms with Gasteiger partial charge >= 0.3 is 0 Å². The van der Waals surface area contributed by atoms with E-state index in [9.17, 15) is 14.4 Å². The zero-order chi connectivity index (χ0) is 19.7. The summed E-state index contributed by atoms with van der Waals surface area (Å²) in [6.45, 7) is 1.24. The van der Waals surface area contributed by atoms with Crippen molar-refractivity contribution in [1.29, 1.82) is 0 Å². The van der Waals surface area contributed by atoms with Crippen molar-refractivity contribution in [2.45, 2.75) is 12.8 Å². The zero-order valence-corrected chi connectivity index (χ0v) is 15.3. The van der Waals surface area contributed by atoms with Gasteiger partial charge in [0.2, 0.25) is 5.91 Å². The quantitative estimate of drug-likeness (QED) is 0.793. The molecule has 0 bridgehead atoms. The Morgan fingerprint density at radius 3 is 2.29 bits per heavy atom. The molecule has 7 heteroatoms. The number of imide groups is 1. The van der Waals surface area contributed by atoms with Crippen LogP contribution in [0.3, 0.4) is 0 Å². The van der Waals surface area contributed by atoms with Gasteiger partial charge in [-0.3, -0.25) is 14.4 Å². The molecule has 4 rings (SSSR count). The smallest absolute Gasteiger partial charge is 0.266 e. The largest absolute Gasteiger partial charge is 0.381 e. The second-order valence-electron chi connectivity index (χ2n) is 7.09. The van der Waals surface area contributed by atoms with Crippen LogP contribution in [-0.4, -0.2) is 37.5 Å². The highest BCUT2D eigenvalue weighted by Crippen LogP contribution is 2.33. The number of carbonyl (C=O) groups is 3. The van der Waals surface area contributed by atoms with Gasteiger partial charge in [0.15, 0.2) is 0 Å². The minimum absolute atomic E-state index is 0.169. The van der Waals surface area contributed by atoms with Gasteiger partial charge in [-0.25, -0.2) is 4.90 Å². The second-order valence-corrected chi connectivity index (χ2v) is 7.09. The number of nitrogens with two attached hydrogens (primary N) is 1. The lowest BCUT2D eigenvalue weighted by Crippen LogP contribution is -2.46. The number of ether oxygens (including phenoxy) is 1. The highest BCUT2D eigenvalue weighted by molar-refractivity contribution is 6.34. The van der Waals surface area contributed by atoms with Crippen molar-refractivity contribution in [3.05, 3.63) is 59.7 Å². The number of rotatable bonds is 4. The summed E-state index contributed by atoms with van der Waals surface area (Å²) >= 11 is 0. The molecule has 2 aromatic rings. The predicted molar refractivity (Wildman–Crippen MR) is 104 cm³/mol. The van der Waals surface area contributed by atoms with Crippen molar-refractivity contribution >= 4 is 29.1 Å². The van der Waals surface area contributed by atoms with E-state index < -0.39 is 5.41 Å². The molecule has 0 aromatic heterocycles. The zero-order valence-electron chi connectivity index (χ0n) is 15.3. The van der Waals surface area contributed by atoms with Crippen LogP contribution in [0.5, 0.6) is 0 Å². The Bertz CT molecular complexity index is 915. The van der Waals surface area contributed by atoms with Gasteiger partial charge in [0.25, 0.3) is 11.8 Å². The van der Waals surface area contributed by atoms with Gasteiger partial charge in [0, 0.05) is 25.4 Å². The van der Waals surface area contributed by atoms with Gasteiger partial charge in [-0.15, -0.1) is 0 Å². The number of carbonyl (C=O) groups excluding carboxylic acids is 3. The van der Waals surface area contributed by atoms with E-state index >= 15 is 0 Å². The minimum atomic E-state index is -0.663. The van der Waals surface area contributed by atoms with Crippen LogP contribution in [0.2, 0.25) is 0 Å². The molecule has 1 fully saturated rings. The Morgan fingerprint density at radius 1 is 1.04 bits per heavy atom. The molecule has 1 saturated heterocycles. The van der Waals surface area contributed by atoms with Crippen LogP contribution in [0.25, 0.3) is 0 Å². The van der Waals surface area contributed by atoms with E-state index in [-0.39, 0.29) is 24.3 Å². The molecule has 3 N–H and O–H groups in total. The highest BCUT2D eigenvalue weighted by atomic mass is 16.5. The topological polar surface area (TPSA) is 102 Å². The summed E-state index contributed by atoms with van der Waals surface area (Å²) in [4.78, 5) is 39.3.